The van der Waals surface area contributed by atoms with Gasteiger partial charge in [-0.15, -0.1) is 0 Å². The quantitative estimate of drug-likeness (QED) is 0.692. The molecule has 2 aromatic carbocycles. The number of hydrogen-bond donors (Lipinski definition) is 1. The summed E-state index contributed by atoms with van der Waals surface area (Å²) in [4.78, 5) is 11.6. The van der Waals surface area contributed by atoms with Crippen molar-refractivity contribution in [1.29, 1.82) is 0 Å². The summed E-state index contributed by atoms with van der Waals surface area (Å²) < 4.78 is 11.3. The van der Waals surface area contributed by atoms with E-state index >= 15 is 0 Å². The second-order valence-corrected chi connectivity index (χ2v) is 5.93. The van der Waals surface area contributed by atoms with Crippen LogP contribution in [0.3, 0.4) is 0 Å². The monoisotopic (exact) mass is 389 g/mol. The van der Waals surface area contributed by atoms with Gasteiger partial charge in [0, 0.05) is 6.54 Å². The van der Waals surface area contributed by atoms with Gasteiger partial charge in [0.05, 0.1) is 11.6 Å². The van der Waals surface area contributed by atoms with Gasteiger partial charge in [-0.25, -0.2) is 4.79 Å². The van der Waals surface area contributed by atoms with Crippen LogP contribution in [0.1, 0.15) is 17.5 Å². The van der Waals surface area contributed by atoms with E-state index in [9.17, 15) is 4.79 Å². The molecule has 0 unspecified atom stereocenters. The molecule has 0 heterocycles. The molecule has 0 radical (unpaired) electrons. The van der Waals surface area contributed by atoms with E-state index in [2.05, 4.69) is 21.2 Å². The molecule has 2 aromatic rings. The topological polar surface area (TPSA) is 47.6 Å². The average Bonchev–Trinajstić information content (AvgIpc) is 2.62. The van der Waals surface area contributed by atoms with Gasteiger partial charge in [0.15, 0.2) is 0 Å². The maximum atomic E-state index is 11.6. The first-order valence-electron chi connectivity index (χ1n) is 7.63. The van der Waals surface area contributed by atoms with Gasteiger partial charge >= 0.3 is 6.09 Å². The number of nitrogens with one attached hydrogen (secondary N) is 1. The highest BCUT2D eigenvalue weighted by Gasteiger charge is 2.01. The molecule has 2 rings (SSSR count). The van der Waals surface area contributed by atoms with Crippen LogP contribution in [0.25, 0.3) is 6.08 Å². The minimum Gasteiger partial charge on any atom is -0.496 e. The SMILES string of the molecule is COc1cc(C=CCCNC(=O)OCc2ccccc2)ccc1Br. The molecule has 0 aliphatic carbocycles. The zero-order chi connectivity index (χ0) is 17.2. The van der Waals surface area contributed by atoms with Crippen molar-refractivity contribution >= 4 is 28.1 Å². The Morgan fingerprint density at radius 3 is 2.75 bits per heavy atom. The fraction of sp³-hybridized carbons (Fsp3) is 0.211. The molecule has 126 valence electrons. The number of alkyl carbamates (subject to hydrolysis) is 1. The summed E-state index contributed by atoms with van der Waals surface area (Å²) in [5, 5.41) is 2.73. The maximum Gasteiger partial charge on any atom is 0.407 e. The number of halogens is 1. The molecule has 24 heavy (non-hydrogen) atoms. The zero-order valence-corrected chi connectivity index (χ0v) is 15.1. The summed E-state index contributed by atoms with van der Waals surface area (Å²) in [6.45, 7) is 0.805. The first-order valence-corrected chi connectivity index (χ1v) is 8.43. The van der Waals surface area contributed by atoms with Crippen LogP contribution >= 0.6 is 15.9 Å². The van der Waals surface area contributed by atoms with Crippen molar-refractivity contribution in [3.05, 3.63) is 70.2 Å². The van der Waals surface area contributed by atoms with E-state index in [0.717, 1.165) is 27.8 Å². The van der Waals surface area contributed by atoms with Crippen molar-refractivity contribution in [3.63, 3.8) is 0 Å². The van der Waals surface area contributed by atoms with E-state index in [-0.39, 0.29) is 6.61 Å². The standard InChI is InChI=1S/C19H20BrNO3/c1-23-18-13-15(10-11-17(18)20)7-5-6-12-21-19(22)24-14-16-8-3-2-4-9-16/h2-5,7-11,13H,6,12,14H2,1H3,(H,21,22). The Morgan fingerprint density at radius 1 is 1.21 bits per heavy atom. The van der Waals surface area contributed by atoms with Crippen molar-refractivity contribution in [2.75, 3.05) is 13.7 Å². The Balaban J connectivity index is 1.67. The molecule has 0 aliphatic rings. The lowest BCUT2D eigenvalue weighted by atomic mass is 10.2. The average molecular weight is 390 g/mol. The van der Waals surface area contributed by atoms with E-state index in [1.54, 1.807) is 7.11 Å². The van der Waals surface area contributed by atoms with Gasteiger partial charge in [-0.3, -0.25) is 0 Å². The van der Waals surface area contributed by atoms with Crippen LogP contribution in [0.2, 0.25) is 0 Å². The van der Waals surface area contributed by atoms with Crippen molar-refractivity contribution < 1.29 is 14.3 Å². The summed E-state index contributed by atoms with van der Waals surface area (Å²) in [5.74, 6) is 0.791. The number of carbonyl (C=O) groups is 1. The number of methoxy groups -OCH3 is 1. The number of rotatable bonds is 7. The summed E-state index contributed by atoms with van der Waals surface area (Å²) in [5.41, 5.74) is 2.01. The van der Waals surface area contributed by atoms with Crippen LogP contribution in [0.4, 0.5) is 4.79 Å². The lowest BCUT2D eigenvalue weighted by molar-refractivity contribution is 0.140. The van der Waals surface area contributed by atoms with E-state index in [1.165, 1.54) is 0 Å². The maximum absolute atomic E-state index is 11.6. The van der Waals surface area contributed by atoms with Crippen LogP contribution in [0, 0.1) is 0 Å². The zero-order valence-electron chi connectivity index (χ0n) is 13.5. The molecule has 0 atom stereocenters. The van der Waals surface area contributed by atoms with Crippen molar-refractivity contribution in [2.24, 2.45) is 0 Å². The van der Waals surface area contributed by atoms with E-state index < -0.39 is 6.09 Å². The van der Waals surface area contributed by atoms with Gasteiger partial charge in [0.1, 0.15) is 12.4 Å². The van der Waals surface area contributed by atoms with Crippen molar-refractivity contribution in [3.8, 4) is 5.75 Å². The van der Waals surface area contributed by atoms with Gasteiger partial charge in [-0.05, 0) is 45.6 Å². The fourth-order valence-corrected chi connectivity index (χ4v) is 2.44. The molecular weight excluding hydrogens is 370 g/mol. The highest BCUT2D eigenvalue weighted by atomic mass is 79.9. The van der Waals surface area contributed by atoms with Crippen LogP contribution in [-0.4, -0.2) is 19.7 Å². The van der Waals surface area contributed by atoms with Gasteiger partial charge in [0.25, 0.3) is 0 Å². The Kier molecular flexibility index (Phi) is 7.36. The minimum atomic E-state index is -0.405. The Labute approximate surface area is 150 Å². The molecular formula is C19H20BrNO3. The van der Waals surface area contributed by atoms with Crippen LogP contribution in [0.5, 0.6) is 5.75 Å². The van der Waals surface area contributed by atoms with Crippen molar-refractivity contribution in [1.82, 2.24) is 5.32 Å². The molecule has 5 heteroatoms. The third kappa shape index (κ3) is 6.08. The predicted molar refractivity (Wildman–Crippen MR) is 99.0 cm³/mol. The molecule has 0 saturated carbocycles. The molecule has 0 aliphatic heterocycles. The van der Waals surface area contributed by atoms with Gasteiger partial charge in [0.2, 0.25) is 0 Å². The third-order valence-corrected chi connectivity index (χ3v) is 3.93. The highest BCUT2D eigenvalue weighted by Crippen LogP contribution is 2.26. The normalized spacial score (nSPS) is 10.6. The molecule has 0 aromatic heterocycles. The van der Waals surface area contributed by atoms with Gasteiger partial charge in [-0.1, -0.05) is 48.6 Å². The number of hydrogen-bond acceptors (Lipinski definition) is 3. The molecule has 4 nitrogen and oxygen atoms in total. The largest absolute Gasteiger partial charge is 0.496 e. The number of amides is 1. The van der Waals surface area contributed by atoms with E-state index in [4.69, 9.17) is 9.47 Å². The fourth-order valence-electron chi connectivity index (χ4n) is 2.03. The van der Waals surface area contributed by atoms with E-state index in [0.29, 0.717) is 6.54 Å². The highest BCUT2D eigenvalue weighted by molar-refractivity contribution is 9.10. The number of ether oxygens (including phenoxy) is 2. The lowest BCUT2D eigenvalue weighted by Gasteiger charge is -2.06. The Hall–Kier alpha value is -2.27. The summed E-state index contributed by atoms with van der Waals surface area (Å²) in [6.07, 6.45) is 4.31. The van der Waals surface area contributed by atoms with Gasteiger partial charge in [-0.2, -0.15) is 0 Å². The second-order valence-electron chi connectivity index (χ2n) is 5.07. The molecule has 0 saturated heterocycles. The summed E-state index contributed by atoms with van der Waals surface area (Å²) in [6, 6.07) is 15.5. The Bertz CT molecular complexity index is 686. The molecule has 0 bridgehead atoms. The minimum absolute atomic E-state index is 0.279. The van der Waals surface area contributed by atoms with Gasteiger partial charge < -0.3 is 14.8 Å². The summed E-state index contributed by atoms with van der Waals surface area (Å²) >= 11 is 3.42. The second kappa shape index (κ2) is 9.78. The summed E-state index contributed by atoms with van der Waals surface area (Å²) in [7, 11) is 1.64. The molecule has 0 spiro atoms. The first kappa shape index (κ1) is 18.1. The molecule has 1 amide bonds. The van der Waals surface area contributed by atoms with E-state index in [1.807, 2.05) is 60.7 Å². The van der Waals surface area contributed by atoms with Crippen LogP contribution < -0.4 is 10.1 Å². The first-order chi connectivity index (χ1) is 11.7. The van der Waals surface area contributed by atoms with Crippen LogP contribution in [-0.2, 0) is 11.3 Å². The smallest absolute Gasteiger partial charge is 0.407 e. The molecule has 0 fully saturated rings. The number of benzene rings is 2. The third-order valence-electron chi connectivity index (χ3n) is 3.28. The Morgan fingerprint density at radius 2 is 2.00 bits per heavy atom. The number of carbonyl (C=O) groups excluding carboxylic acids is 1. The predicted octanol–water partition coefficient (Wildman–Crippen LogP) is 4.79. The molecule has 1 N–H and O–H groups in total. The van der Waals surface area contributed by atoms with Crippen molar-refractivity contribution in [2.45, 2.75) is 13.0 Å². The van der Waals surface area contributed by atoms with Crippen LogP contribution in [0.15, 0.2) is 59.1 Å². The lowest BCUT2D eigenvalue weighted by Crippen LogP contribution is -2.24.